The monoisotopic (exact) mass is 273 g/mol. The van der Waals surface area contributed by atoms with Crippen LogP contribution in [0.15, 0.2) is 30.5 Å². The Hall–Kier alpha value is -2.63. The van der Waals surface area contributed by atoms with Crippen LogP contribution in [0, 0.1) is 6.92 Å². The Morgan fingerprint density at radius 2 is 2.05 bits per heavy atom. The van der Waals surface area contributed by atoms with E-state index >= 15 is 0 Å². The van der Waals surface area contributed by atoms with Crippen molar-refractivity contribution in [3.63, 3.8) is 0 Å². The lowest BCUT2D eigenvalue weighted by atomic mass is 10.1. The maximum Gasteiger partial charge on any atom is 0.307 e. The molecule has 0 aliphatic carbocycles. The molecular weight excluding hydrogens is 258 g/mol. The van der Waals surface area contributed by atoms with E-state index in [1.54, 1.807) is 42.9 Å². The highest BCUT2D eigenvalue weighted by Crippen LogP contribution is 2.17. The van der Waals surface area contributed by atoms with Gasteiger partial charge in [-0.2, -0.15) is 5.10 Å². The Labute approximate surface area is 116 Å². The van der Waals surface area contributed by atoms with Gasteiger partial charge in [-0.3, -0.25) is 14.3 Å². The summed E-state index contributed by atoms with van der Waals surface area (Å²) >= 11 is 0. The van der Waals surface area contributed by atoms with Gasteiger partial charge in [0.15, 0.2) is 0 Å². The second kappa shape index (κ2) is 5.56. The summed E-state index contributed by atoms with van der Waals surface area (Å²) in [5.41, 5.74) is 2.29. The first kappa shape index (κ1) is 13.8. The van der Waals surface area contributed by atoms with E-state index in [1.807, 2.05) is 0 Å². The van der Waals surface area contributed by atoms with Gasteiger partial charge in [-0.1, -0.05) is 18.2 Å². The van der Waals surface area contributed by atoms with Crippen molar-refractivity contribution in [2.45, 2.75) is 13.3 Å². The maximum absolute atomic E-state index is 12.2. The average Bonchev–Trinajstić information content (AvgIpc) is 2.72. The zero-order valence-corrected chi connectivity index (χ0v) is 11.3. The lowest BCUT2D eigenvalue weighted by Gasteiger charge is -2.09. The van der Waals surface area contributed by atoms with Crippen LogP contribution in [-0.2, 0) is 18.3 Å². The number of hydrogen-bond donors (Lipinski definition) is 2. The summed E-state index contributed by atoms with van der Waals surface area (Å²) in [5.74, 6) is -1.24. The highest BCUT2D eigenvalue weighted by molar-refractivity contribution is 6.05. The molecule has 2 N–H and O–H groups in total. The maximum atomic E-state index is 12.2. The smallest absolute Gasteiger partial charge is 0.307 e. The minimum atomic E-state index is -0.941. The molecule has 0 unspecified atom stereocenters. The molecule has 6 heteroatoms. The van der Waals surface area contributed by atoms with Gasteiger partial charge in [0, 0.05) is 18.4 Å². The van der Waals surface area contributed by atoms with Crippen molar-refractivity contribution in [1.82, 2.24) is 9.78 Å². The number of aromatic nitrogens is 2. The van der Waals surface area contributed by atoms with Crippen LogP contribution in [0.5, 0.6) is 0 Å². The van der Waals surface area contributed by atoms with Crippen molar-refractivity contribution in [1.29, 1.82) is 0 Å². The van der Waals surface area contributed by atoms with Gasteiger partial charge in [0.25, 0.3) is 5.91 Å². The second-order valence-electron chi connectivity index (χ2n) is 4.45. The first-order valence-electron chi connectivity index (χ1n) is 6.08. The second-order valence-corrected chi connectivity index (χ2v) is 4.45. The lowest BCUT2D eigenvalue weighted by molar-refractivity contribution is -0.136. The molecule has 104 valence electrons. The molecule has 0 aliphatic heterocycles. The zero-order chi connectivity index (χ0) is 14.7. The topological polar surface area (TPSA) is 84.2 Å². The molecule has 0 atom stereocenters. The summed E-state index contributed by atoms with van der Waals surface area (Å²) < 4.78 is 1.61. The van der Waals surface area contributed by atoms with E-state index in [2.05, 4.69) is 10.4 Å². The Balaban J connectivity index is 2.24. The van der Waals surface area contributed by atoms with Gasteiger partial charge in [0.2, 0.25) is 0 Å². The fourth-order valence-corrected chi connectivity index (χ4v) is 1.87. The predicted octanol–water partition coefficient (Wildman–Crippen LogP) is 1.61. The molecule has 6 nitrogen and oxygen atoms in total. The number of amides is 1. The predicted molar refractivity (Wildman–Crippen MR) is 73.7 cm³/mol. The van der Waals surface area contributed by atoms with Crippen molar-refractivity contribution < 1.29 is 14.7 Å². The number of nitrogens with zero attached hydrogens (tertiary/aromatic N) is 2. The molecule has 0 saturated carbocycles. The highest BCUT2D eigenvalue weighted by atomic mass is 16.4. The van der Waals surface area contributed by atoms with Crippen LogP contribution in [0.3, 0.4) is 0 Å². The fraction of sp³-hybridized carbons (Fsp3) is 0.214. The average molecular weight is 273 g/mol. The number of aryl methyl sites for hydroxylation is 1. The molecule has 1 aromatic carbocycles. The number of nitrogens with one attached hydrogen (secondary N) is 1. The van der Waals surface area contributed by atoms with E-state index < -0.39 is 5.97 Å². The van der Waals surface area contributed by atoms with Crippen molar-refractivity contribution in [3.05, 3.63) is 47.3 Å². The van der Waals surface area contributed by atoms with Crippen LogP contribution in [0.2, 0.25) is 0 Å². The molecule has 0 saturated heterocycles. The van der Waals surface area contributed by atoms with E-state index in [1.165, 1.54) is 6.20 Å². The van der Waals surface area contributed by atoms with Crippen LogP contribution < -0.4 is 5.32 Å². The summed E-state index contributed by atoms with van der Waals surface area (Å²) in [5, 5.41) is 15.6. The van der Waals surface area contributed by atoms with Gasteiger partial charge in [0.1, 0.15) is 0 Å². The van der Waals surface area contributed by atoms with Gasteiger partial charge >= 0.3 is 5.97 Å². The molecule has 0 fully saturated rings. The minimum Gasteiger partial charge on any atom is -0.481 e. The van der Waals surface area contributed by atoms with Crippen molar-refractivity contribution in [3.8, 4) is 0 Å². The highest BCUT2D eigenvalue weighted by Gasteiger charge is 2.15. The van der Waals surface area contributed by atoms with Gasteiger partial charge in [-0.05, 0) is 18.6 Å². The number of hydrogen-bond acceptors (Lipinski definition) is 3. The van der Waals surface area contributed by atoms with Crippen LogP contribution >= 0.6 is 0 Å². The number of carbonyl (C=O) groups is 2. The molecule has 0 radical (unpaired) electrons. The van der Waals surface area contributed by atoms with Gasteiger partial charge < -0.3 is 10.4 Å². The van der Waals surface area contributed by atoms with Gasteiger partial charge in [0.05, 0.1) is 18.2 Å². The van der Waals surface area contributed by atoms with Crippen LogP contribution in [-0.4, -0.2) is 26.8 Å². The Bertz CT molecular complexity index is 661. The number of anilines is 1. The molecule has 0 spiro atoms. The minimum absolute atomic E-state index is 0.136. The molecule has 2 rings (SSSR count). The lowest BCUT2D eigenvalue weighted by Crippen LogP contribution is -2.15. The largest absolute Gasteiger partial charge is 0.481 e. The van der Waals surface area contributed by atoms with E-state index in [4.69, 9.17) is 5.11 Å². The molecule has 20 heavy (non-hydrogen) atoms. The molecule has 0 aliphatic rings. The van der Waals surface area contributed by atoms with Crippen LogP contribution in [0.4, 0.5) is 5.69 Å². The summed E-state index contributed by atoms with van der Waals surface area (Å²) in [7, 11) is 1.75. The number of carbonyl (C=O) groups excluding carboxylic acids is 1. The first-order valence-corrected chi connectivity index (χ1v) is 6.08. The van der Waals surface area contributed by atoms with Gasteiger partial charge in [-0.15, -0.1) is 0 Å². The normalized spacial score (nSPS) is 10.3. The third kappa shape index (κ3) is 2.85. The van der Waals surface area contributed by atoms with E-state index in [0.29, 0.717) is 16.8 Å². The van der Waals surface area contributed by atoms with Crippen molar-refractivity contribution in [2.75, 3.05) is 5.32 Å². The Kier molecular flexibility index (Phi) is 3.84. The number of rotatable bonds is 4. The number of carboxylic acid groups (broad SMARTS) is 1. The quantitative estimate of drug-likeness (QED) is 0.886. The van der Waals surface area contributed by atoms with E-state index in [0.717, 1.165) is 5.69 Å². The molecule has 1 heterocycles. The number of carboxylic acids is 1. The van der Waals surface area contributed by atoms with Crippen LogP contribution in [0.1, 0.15) is 21.6 Å². The number of para-hydroxylation sites is 1. The number of aliphatic carboxylic acids is 1. The standard InChI is InChI=1S/C14H15N3O3/c1-9-11(8-15-17(9)2)14(20)16-12-6-4-3-5-10(12)7-13(18)19/h3-6,8H,7H2,1-2H3,(H,16,20)(H,18,19). The Morgan fingerprint density at radius 3 is 2.65 bits per heavy atom. The molecule has 1 amide bonds. The summed E-state index contributed by atoms with van der Waals surface area (Å²) in [6.45, 7) is 1.80. The molecule has 1 aromatic heterocycles. The zero-order valence-electron chi connectivity index (χ0n) is 11.3. The summed E-state index contributed by atoms with van der Waals surface area (Å²) in [6, 6.07) is 6.85. The first-order chi connectivity index (χ1) is 9.49. The van der Waals surface area contributed by atoms with Crippen molar-refractivity contribution in [2.24, 2.45) is 7.05 Å². The summed E-state index contributed by atoms with van der Waals surface area (Å²) in [4.78, 5) is 23.0. The van der Waals surface area contributed by atoms with Crippen LogP contribution in [0.25, 0.3) is 0 Å². The molecule has 2 aromatic rings. The Morgan fingerprint density at radius 1 is 1.35 bits per heavy atom. The SMILES string of the molecule is Cc1c(C(=O)Nc2ccccc2CC(=O)O)cnn1C. The number of benzene rings is 1. The van der Waals surface area contributed by atoms with E-state index in [-0.39, 0.29) is 12.3 Å². The summed E-state index contributed by atoms with van der Waals surface area (Å²) in [6.07, 6.45) is 1.35. The van der Waals surface area contributed by atoms with Crippen molar-refractivity contribution >= 4 is 17.6 Å². The molecular formula is C14H15N3O3. The van der Waals surface area contributed by atoms with E-state index in [9.17, 15) is 9.59 Å². The third-order valence-corrected chi connectivity index (χ3v) is 3.09. The van der Waals surface area contributed by atoms with Gasteiger partial charge in [-0.25, -0.2) is 0 Å². The third-order valence-electron chi connectivity index (χ3n) is 3.09. The molecule has 0 bridgehead atoms. The fourth-order valence-electron chi connectivity index (χ4n) is 1.87.